The Balaban J connectivity index is 2.00. The second kappa shape index (κ2) is 12.2. The van der Waals surface area contributed by atoms with E-state index in [1.165, 1.54) is 6.42 Å². The fourth-order valence-electron chi connectivity index (χ4n) is 4.49. The lowest BCUT2D eigenvalue weighted by Crippen LogP contribution is -2.15. The summed E-state index contributed by atoms with van der Waals surface area (Å²) < 4.78 is 12.4. The maximum absolute atomic E-state index is 13.1. The number of aromatic nitrogens is 3. The molecule has 36 heavy (non-hydrogen) atoms. The van der Waals surface area contributed by atoms with Crippen LogP contribution in [0.15, 0.2) is 71.5 Å². The number of H-pyrrole nitrogens is 1. The molecule has 1 aromatic heterocycles. The molecule has 6 heteroatoms. The van der Waals surface area contributed by atoms with E-state index < -0.39 is 0 Å². The topological polar surface area (TPSA) is 77.1 Å². The SMILES string of the molecule is CCCCCCOc1c(OC)c(CC)cc(-c2nn[nH]c(=O)c2-c2ccccc2)c1-c1ccccc1. The highest BCUT2D eigenvalue weighted by Gasteiger charge is 2.25. The summed E-state index contributed by atoms with van der Waals surface area (Å²) in [5, 5.41) is 10.9. The van der Waals surface area contributed by atoms with Gasteiger partial charge in [0.1, 0.15) is 5.69 Å². The molecule has 0 saturated carbocycles. The summed E-state index contributed by atoms with van der Waals surface area (Å²) in [6.07, 6.45) is 5.13. The predicted octanol–water partition coefficient (Wildman–Crippen LogP) is 6.70. The van der Waals surface area contributed by atoms with E-state index in [1.807, 2.05) is 60.7 Å². The molecule has 0 aliphatic rings. The number of nitrogens with one attached hydrogen (secondary N) is 1. The van der Waals surface area contributed by atoms with Crippen LogP contribution in [0, 0.1) is 0 Å². The summed E-state index contributed by atoms with van der Waals surface area (Å²) in [6.45, 7) is 4.85. The lowest BCUT2D eigenvalue weighted by molar-refractivity contribution is 0.285. The number of ether oxygens (including phenoxy) is 2. The Labute approximate surface area is 212 Å². The van der Waals surface area contributed by atoms with E-state index in [0.717, 1.165) is 59.3 Å². The van der Waals surface area contributed by atoms with Gasteiger partial charge in [0.2, 0.25) is 0 Å². The highest BCUT2D eigenvalue weighted by Crippen LogP contribution is 2.48. The third-order valence-corrected chi connectivity index (χ3v) is 6.29. The van der Waals surface area contributed by atoms with Gasteiger partial charge in [0.05, 0.1) is 19.3 Å². The molecule has 0 aliphatic heterocycles. The number of benzene rings is 3. The summed E-state index contributed by atoms with van der Waals surface area (Å²) in [7, 11) is 1.68. The average molecular weight is 484 g/mol. The highest BCUT2D eigenvalue weighted by atomic mass is 16.5. The van der Waals surface area contributed by atoms with Gasteiger partial charge in [-0.25, -0.2) is 5.10 Å². The quantitative estimate of drug-likeness (QED) is 0.240. The molecule has 1 N–H and O–H groups in total. The molecule has 6 nitrogen and oxygen atoms in total. The van der Waals surface area contributed by atoms with Crippen LogP contribution < -0.4 is 15.0 Å². The van der Waals surface area contributed by atoms with Crippen molar-refractivity contribution in [1.29, 1.82) is 0 Å². The van der Waals surface area contributed by atoms with E-state index in [-0.39, 0.29) is 5.56 Å². The van der Waals surface area contributed by atoms with E-state index in [9.17, 15) is 4.79 Å². The van der Waals surface area contributed by atoms with Crippen molar-refractivity contribution in [2.45, 2.75) is 46.0 Å². The molecule has 0 aliphatic carbocycles. The first kappa shape index (κ1) is 25.2. The van der Waals surface area contributed by atoms with Crippen molar-refractivity contribution in [3.63, 3.8) is 0 Å². The summed E-state index contributed by atoms with van der Waals surface area (Å²) in [5.74, 6) is 1.39. The Morgan fingerprint density at radius 2 is 1.50 bits per heavy atom. The molecule has 0 unspecified atom stereocenters. The van der Waals surface area contributed by atoms with Crippen molar-refractivity contribution >= 4 is 0 Å². The number of hydrogen-bond acceptors (Lipinski definition) is 5. The van der Waals surface area contributed by atoms with Crippen molar-refractivity contribution in [3.8, 4) is 45.0 Å². The van der Waals surface area contributed by atoms with Crippen LogP contribution in [-0.2, 0) is 6.42 Å². The van der Waals surface area contributed by atoms with Crippen LogP contribution >= 0.6 is 0 Å². The maximum Gasteiger partial charge on any atom is 0.275 e. The van der Waals surface area contributed by atoms with Gasteiger partial charge in [0.15, 0.2) is 11.5 Å². The van der Waals surface area contributed by atoms with Crippen LogP contribution in [0.5, 0.6) is 11.5 Å². The predicted molar refractivity (Wildman–Crippen MR) is 145 cm³/mol. The molecule has 186 valence electrons. The summed E-state index contributed by atoms with van der Waals surface area (Å²) in [6, 6.07) is 21.7. The largest absolute Gasteiger partial charge is 0.493 e. The number of unbranched alkanes of at least 4 members (excludes halogenated alkanes) is 3. The Hall–Kier alpha value is -3.93. The number of nitrogens with zero attached hydrogens (tertiary/aromatic N) is 2. The molecular formula is C30H33N3O3. The van der Waals surface area contributed by atoms with Gasteiger partial charge in [-0.15, -0.1) is 5.10 Å². The molecule has 1 heterocycles. The molecule has 0 spiro atoms. The van der Waals surface area contributed by atoms with Gasteiger partial charge < -0.3 is 9.47 Å². The third-order valence-electron chi connectivity index (χ3n) is 6.29. The zero-order valence-corrected chi connectivity index (χ0v) is 21.2. The van der Waals surface area contributed by atoms with E-state index in [2.05, 4.69) is 35.3 Å². The van der Waals surface area contributed by atoms with Crippen LogP contribution in [0.1, 0.15) is 45.1 Å². The molecule has 0 saturated heterocycles. The van der Waals surface area contributed by atoms with Gasteiger partial charge in [-0.05, 0) is 35.6 Å². The fourth-order valence-corrected chi connectivity index (χ4v) is 4.49. The Morgan fingerprint density at radius 3 is 2.11 bits per heavy atom. The summed E-state index contributed by atoms with van der Waals surface area (Å²) >= 11 is 0. The standard InChI is InChI=1S/C30H33N3O3/c1-4-6-7-14-19-36-29-25(22-15-10-8-11-16-22)24(20-21(5-2)28(29)35-3)27-26(30(34)32-33-31-27)23-17-12-9-13-18-23/h8-13,15-18,20H,4-7,14,19H2,1-3H3,(H,31,32,34). The molecule has 3 aromatic carbocycles. The average Bonchev–Trinajstić information content (AvgIpc) is 2.93. The van der Waals surface area contributed by atoms with Crippen molar-refractivity contribution in [2.24, 2.45) is 0 Å². The Bertz CT molecular complexity index is 1340. The number of aryl methyl sites for hydroxylation is 1. The van der Waals surface area contributed by atoms with Gasteiger partial charge in [0, 0.05) is 11.1 Å². The summed E-state index contributed by atoms with van der Waals surface area (Å²) in [4.78, 5) is 13.1. The molecule has 0 radical (unpaired) electrons. The van der Waals surface area contributed by atoms with Crippen LogP contribution in [0.2, 0.25) is 0 Å². The first-order chi connectivity index (χ1) is 17.7. The van der Waals surface area contributed by atoms with Crippen molar-refractivity contribution in [1.82, 2.24) is 15.4 Å². The first-order valence-electron chi connectivity index (χ1n) is 12.6. The molecule has 4 rings (SSSR count). The second-order valence-electron chi connectivity index (χ2n) is 8.68. The normalized spacial score (nSPS) is 10.9. The Morgan fingerprint density at radius 1 is 0.833 bits per heavy atom. The molecule has 4 aromatic rings. The van der Waals surface area contributed by atoms with E-state index in [1.54, 1.807) is 7.11 Å². The highest BCUT2D eigenvalue weighted by molar-refractivity contribution is 5.94. The fraction of sp³-hybridized carbons (Fsp3) is 0.300. The van der Waals surface area contributed by atoms with Crippen molar-refractivity contribution in [3.05, 3.63) is 82.6 Å². The first-order valence-corrected chi connectivity index (χ1v) is 12.6. The maximum atomic E-state index is 13.1. The number of rotatable bonds is 11. The smallest absolute Gasteiger partial charge is 0.275 e. The van der Waals surface area contributed by atoms with Crippen molar-refractivity contribution in [2.75, 3.05) is 13.7 Å². The van der Waals surface area contributed by atoms with Crippen LogP contribution in [0.3, 0.4) is 0 Å². The van der Waals surface area contributed by atoms with Gasteiger partial charge in [0.25, 0.3) is 5.56 Å². The minimum absolute atomic E-state index is 0.291. The molecule has 0 bridgehead atoms. The number of methoxy groups -OCH3 is 1. The zero-order valence-electron chi connectivity index (χ0n) is 21.2. The van der Waals surface area contributed by atoms with E-state index >= 15 is 0 Å². The van der Waals surface area contributed by atoms with Crippen molar-refractivity contribution < 1.29 is 9.47 Å². The third kappa shape index (κ3) is 5.33. The van der Waals surface area contributed by atoms with Gasteiger partial charge in [-0.2, -0.15) is 0 Å². The minimum atomic E-state index is -0.291. The summed E-state index contributed by atoms with van der Waals surface area (Å²) in [5.41, 5.74) is 5.05. The van der Waals surface area contributed by atoms with Crippen LogP contribution in [-0.4, -0.2) is 29.1 Å². The number of aromatic amines is 1. The minimum Gasteiger partial charge on any atom is -0.493 e. The molecule has 0 atom stereocenters. The van der Waals surface area contributed by atoms with Gasteiger partial charge >= 0.3 is 0 Å². The number of hydrogen-bond donors (Lipinski definition) is 1. The van der Waals surface area contributed by atoms with Crippen LogP contribution in [0.4, 0.5) is 0 Å². The second-order valence-corrected chi connectivity index (χ2v) is 8.68. The lowest BCUT2D eigenvalue weighted by Gasteiger charge is -2.22. The van der Waals surface area contributed by atoms with Gasteiger partial charge in [-0.3, -0.25) is 4.79 Å². The van der Waals surface area contributed by atoms with E-state index in [4.69, 9.17) is 9.47 Å². The van der Waals surface area contributed by atoms with E-state index in [0.29, 0.717) is 23.6 Å². The molecule has 0 amide bonds. The zero-order chi connectivity index (χ0) is 25.3. The van der Waals surface area contributed by atoms with Crippen LogP contribution in [0.25, 0.3) is 33.5 Å². The lowest BCUT2D eigenvalue weighted by atomic mass is 9.90. The monoisotopic (exact) mass is 483 g/mol. The Kier molecular flexibility index (Phi) is 8.50. The molecular weight excluding hydrogens is 450 g/mol. The molecule has 0 fully saturated rings. The van der Waals surface area contributed by atoms with Gasteiger partial charge in [-0.1, -0.05) is 99.0 Å².